The highest BCUT2D eigenvalue weighted by Crippen LogP contribution is 2.33. The molecule has 138 valence electrons. The van der Waals surface area contributed by atoms with E-state index in [9.17, 15) is 9.59 Å². The number of carbonyl (C=O) groups excluding carboxylic acids is 2. The van der Waals surface area contributed by atoms with Crippen LogP contribution in [0.4, 0.5) is 11.5 Å². The van der Waals surface area contributed by atoms with E-state index in [2.05, 4.69) is 15.5 Å². The average molecular weight is 364 g/mol. The van der Waals surface area contributed by atoms with Crippen molar-refractivity contribution >= 4 is 23.3 Å². The van der Waals surface area contributed by atoms with Crippen LogP contribution in [0.1, 0.15) is 39.2 Å². The van der Waals surface area contributed by atoms with Gasteiger partial charge in [-0.25, -0.2) is 4.68 Å². The molecule has 0 saturated heterocycles. The third-order valence-corrected chi connectivity index (χ3v) is 4.75. The van der Waals surface area contributed by atoms with Crippen molar-refractivity contribution in [2.45, 2.75) is 27.3 Å². The van der Waals surface area contributed by atoms with Crippen LogP contribution in [0.2, 0.25) is 0 Å². The van der Waals surface area contributed by atoms with Crippen molar-refractivity contribution in [3.8, 4) is 5.69 Å². The first kappa shape index (κ1) is 17.0. The molecule has 1 aromatic carbocycles. The normalized spacial score (nSPS) is 13.7. The third-order valence-electron chi connectivity index (χ3n) is 4.75. The van der Waals surface area contributed by atoms with Crippen LogP contribution in [0.15, 0.2) is 30.3 Å². The zero-order valence-electron chi connectivity index (χ0n) is 15.6. The number of nitrogens with one attached hydrogen (secondary N) is 1. The standard InChI is InChI=1S/C19H20N6O2/c1-5-24-16-15(12(3)21-24)20-17(26)14-11(2)22-25(13-9-7-6-8-10-13)18(14)23(4)19(16)27/h6-10H,5H2,1-4H3,(H,20,26). The number of hydrogen-bond donors (Lipinski definition) is 1. The van der Waals surface area contributed by atoms with Crippen LogP contribution >= 0.6 is 0 Å². The second kappa shape index (κ2) is 6.08. The summed E-state index contributed by atoms with van der Waals surface area (Å²) in [7, 11) is 1.66. The summed E-state index contributed by atoms with van der Waals surface area (Å²) in [6.45, 7) is 5.97. The van der Waals surface area contributed by atoms with Crippen LogP contribution in [0.25, 0.3) is 5.69 Å². The van der Waals surface area contributed by atoms with E-state index in [0.29, 0.717) is 40.7 Å². The first-order valence-corrected chi connectivity index (χ1v) is 8.75. The van der Waals surface area contributed by atoms with E-state index in [1.54, 1.807) is 30.3 Å². The molecule has 4 rings (SSSR count). The number of aromatic nitrogens is 4. The first-order chi connectivity index (χ1) is 12.9. The van der Waals surface area contributed by atoms with Crippen LogP contribution in [0.3, 0.4) is 0 Å². The van der Waals surface area contributed by atoms with Crippen molar-refractivity contribution in [1.82, 2.24) is 19.6 Å². The molecule has 27 heavy (non-hydrogen) atoms. The van der Waals surface area contributed by atoms with Gasteiger partial charge in [-0.05, 0) is 32.9 Å². The average Bonchev–Trinajstić information content (AvgIpc) is 3.17. The number of amides is 2. The van der Waals surface area contributed by atoms with Gasteiger partial charge in [0.25, 0.3) is 11.8 Å². The smallest absolute Gasteiger partial charge is 0.279 e. The predicted octanol–water partition coefficient (Wildman–Crippen LogP) is 2.55. The molecule has 0 unspecified atom stereocenters. The van der Waals surface area contributed by atoms with Crippen LogP contribution < -0.4 is 10.2 Å². The highest BCUT2D eigenvalue weighted by atomic mass is 16.2. The van der Waals surface area contributed by atoms with Crippen molar-refractivity contribution in [2.24, 2.45) is 0 Å². The van der Waals surface area contributed by atoms with Crippen LogP contribution in [-0.4, -0.2) is 38.4 Å². The molecule has 0 bridgehead atoms. The van der Waals surface area contributed by atoms with E-state index in [1.807, 2.05) is 37.3 Å². The molecule has 3 heterocycles. The molecule has 0 saturated carbocycles. The topological polar surface area (TPSA) is 85.1 Å². The Kier molecular flexibility index (Phi) is 3.83. The lowest BCUT2D eigenvalue weighted by atomic mass is 10.1. The molecule has 3 aromatic rings. The number of benzene rings is 1. The molecule has 2 aromatic heterocycles. The molecular formula is C19H20N6O2. The second-order valence-corrected chi connectivity index (χ2v) is 6.47. The van der Waals surface area contributed by atoms with Gasteiger partial charge in [-0.15, -0.1) is 0 Å². The molecule has 8 heteroatoms. The largest absolute Gasteiger partial charge is 0.318 e. The zero-order chi connectivity index (χ0) is 19.3. The highest BCUT2D eigenvalue weighted by molar-refractivity contribution is 6.19. The van der Waals surface area contributed by atoms with E-state index >= 15 is 0 Å². The number of aryl methyl sites for hydroxylation is 3. The number of para-hydroxylation sites is 1. The van der Waals surface area contributed by atoms with Gasteiger partial charge in [0.05, 0.1) is 22.8 Å². The molecule has 0 fully saturated rings. The maximum absolute atomic E-state index is 13.3. The zero-order valence-corrected chi connectivity index (χ0v) is 15.6. The summed E-state index contributed by atoms with van der Waals surface area (Å²) in [5.41, 5.74) is 3.14. The Labute approximate surface area is 156 Å². The van der Waals surface area contributed by atoms with Crippen LogP contribution in [0, 0.1) is 13.8 Å². The van der Waals surface area contributed by atoms with Gasteiger partial charge in [-0.3, -0.25) is 19.2 Å². The Morgan fingerprint density at radius 2 is 1.74 bits per heavy atom. The van der Waals surface area contributed by atoms with Gasteiger partial charge in [0.2, 0.25) is 0 Å². The summed E-state index contributed by atoms with van der Waals surface area (Å²) in [6.07, 6.45) is 0. The second-order valence-electron chi connectivity index (χ2n) is 6.47. The van der Waals surface area contributed by atoms with Gasteiger partial charge in [-0.1, -0.05) is 18.2 Å². The summed E-state index contributed by atoms with van der Waals surface area (Å²) in [6, 6.07) is 9.44. The molecule has 1 aliphatic rings. The maximum atomic E-state index is 13.3. The summed E-state index contributed by atoms with van der Waals surface area (Å²) in [4.78, 5) is 27.8. The van der Waals surface area contributed by atoms with Gasteiger partial charge in [0.15, 0.2) is 11.5 Å². The van der Waals surface area contributed by atoms with Gasteiger partial charge >= 0.3 is 0 Å². The molecule has 8 nitrogen and oxygen atoms in total. The predicted molar refractivity (Wildman–Crippen MR) is 102 cm³/mol. The van der Waals surface area contributed by atoms with Crippen molar-refractivity contribution < 1.29 is 9.59 Å². The Morgan fingerprint density at radius 1 is 1.04 bits per heavy atom. The van der Waals surface area contributed by atoms with E-state index < -0.39 is 0 Å². The SMILES string of the molecule is CCn1nc(C)c2c1C(=O)N(C)c1c(c(C)nn1-c1ccccc1)C(=O)N2. The summed E-state index contributed by atoms with van der Waals surface area (Å²) in [5, 5.41) is 11.8. The van der Waals surface area contributed by atoms with Crippen molar-refractivity contribution in [3.63, 3.8) is 0 Å². The fourth-order valence-electron chi connectivity index (χ4n) is 3.45. The number of fused-ring (bicyclic) bond motifs is 2. The molecule has 1 aliphatic heterocycles. The molecular weight excluding hydrogens is 344 g/mol. The Hall–Kier alpha value is -3.42. The molecule has 0 spiro atoms. The quantitative estimate of drug-likeness (QED) is 0.757. The molecule has 0 aliphatic carbocycles. The molecule has 0 radical (unpaired) electrons. The molecule has 0 atom stereocenters. The first-order valence-electron chi connectivity index (χ1n) is 8.75. The number of carbonyl (C=O) groups is 2. The minimum atomic E-state index is -0.302. The lowest BCUT2D eigenvalue weighted by molar-refractivity contribution is 0.0980. The molecule has 1 N–H and O–H groups in total. The maximum Gasteiger partial charge on any atom is 0.279 e. The highest BCUT2D eigenvalue weighted by Gasteiger charge is 2.35. The monoisotopic (exact) mass is 364 g/mol. The number of rotatable bonds is 2. The number of anilines is 2. The van der Waals surface area contributed by atoms with Crippen LogP contribution in [0.5, 0.6) is 0 Å². The summed E-state index contributed by atoms with van der Waals surface area (Å²) >= 11 is 0. The van der Waals surface area contributed by atoms with E-state index in [4.69, 9.17) is 0 Å². The van der Waals surface area contributed by atoms with Crippen LogP contribution in [-0.2, 0) is 6.54 Å². The van der Waals surface area contributed by atoms with Gasteiger partial charge in [0, 0.05) is 13.6 Å². The fraction of sp³-hybridized carbons (Fsp3) is 0.263. The minimum Gasteiger partial charge on any atom is -0.318 e. The van der Waals surface area contributed by atoms with Crippen molar-refractivity contribution in [1.29, 1.82) is 0 Å². The van der Waals surface area contributed by atoms with E-state index in [1.165, 1.54) is 4.90 Å². The lowest BCUT2D eigenvalue weighted by Gasteiger charge is -2.23. The number of nitrogens with zero attached hydrogens (tertiary/aromatic N) is 5. The van der Waals surface area contributed by atoms with Crippen molar-refractivity contribution in [2.75, 3.05) is 17.3 Å². The summed E-state index contributed by atoms with van der Waals surface area (Å²) < 4.78 is 3.25. The molecule has 2 amide bonds. The van der Waals surface area contributed by atoms with Gasteiger partial charge in [-0.2, -0.15) is 10.2 Å². The van der Waals surface area contributed by atoms with Crippen molar-refractivity contribution in [3.05, 3.63) is 53.0 Å². The minimum absolute atomic E-state index is 0.245. The Balaban J connectivity index is 1.97. The van der Waals surface area contributed by atoms with Gasteiger partial charge < -0.3 is 5.32 Å². The summed E-state index contributed by atoms with van der Waals surface area (Å²) in [5.74, 6) is -0.108. The Bertz CT molecular complexity index is 1060. The lowest BCUT2D eigenvalue weighted by Crippen LogP contribution is -2.35. The fourth-order valence-corrected chi connectivity index (χ4v) is 3.45. The third kappa shape index (κ3) is 2.44. The van der Waals surface area contributed by atoms with E-state index in [-0.39, 0.29) is 11.8 Å². The Morgan fingerprint density at radius 3 is 2.41 bits per heavy atom. The number of hydrogen-bond acceptors (Lipinski definition) is 4. The van der Waals surface area contributed by atoms with Gasteiger partial charge in [0.1, 0.15) is 5.56 Å². The van der Waals surface area contributed by atoms with E-state index in [0.717, 1.165) is 5.69 Å².